The van der Waals surface area contributed by atoms with E-state index < -0.39 is 24.0 Å². The maximum Gasteiger partial charge on any atom is 0.323 e. The van der Waals surface area contributed by atoms with E-state index in [-0.39, 0.29) is 13.1 Å². The van der Waals surface area contributed by atoms with Crippen LogP contribution in [0.1, 0.15) is 11.5 Å². The smallest absolute Gasteiger partial charge is 0.323 e. The van der Waals surface area contributed by atoms with Crippen molar-refractivity contribution in [3.8, 4) is 11.3 Å². The van der Waals surface area contributed by atoms with Crippen LogP contribution >= 0.6 is 0 Å². The lowest BCUT2D eigenvalue weighted by Crippen LogP contribution is -2.40. The van der Waals surface area contributed by atoms with Crippen LogP contribution in [0.2, 0.25) is 0 Å². The average molecular weight is 431 g/mol. The molecule has 2 aromatic carbocycles. The Balaban J connectivity index is 1.72. The zero-order valence-electron chi connectivity index (χ0n) is 17.4. The van der Waals surface area contributed by atoms with Gasteiger partial charge >= 0.3 is 5.97 Å². The highest BCUT2D eigenvalue weighted by Crippen LogP contribution is 2.24. The summed E-state index contributed by atoms with van der Waals surface area (Å²) in [6.45, 7) is 0.894. The van der Waals surface area contributed by atoms with E-state index in [9.17, 15) is 19.5 Å². The molecule has 2 heterocycles. The van der Waals surface area contributed by atoms with Crippen LogP contribution in [-0.2, 0) is 22.7 Å². The summed E-state index contributed by atoms with van der Waals surface area (Å²) in [6, 6.07) is 16.5. The van der Waals surface area contributed by atoms with Crippen LogP contribution < -0.4 is 5.56 Å². The number of H-pyrrole nitrogens is 1. The second kappa shape index (κ2) is 8.84. The van der Waals surface area contributed by atoms with Gasteiger partial charge in [0, 0.05) is 10.9 Å². The number of hydrogen-bond acceptors (Lipinski definition) is 5. The first kappa shape index (κ1) is 21.0. The van der Waals surface area contributed by atoms with Crippen LogP contribution in [0.4, 0.5) is 0 Å². The maximum absolute atomic E-state index is 13.1. The van der Waals surface area contributed by atoms with Crippen molar-refractivity contribution in [3.63, 3.8) is 0 Å². The molecule has 0 bridgehead atoms. The largest absolute Gasteiger partial charge is 0.480 e. The van der Waals surface area contributed by atoms with Crippen molar-refractivity contribution < 1.29 is 14.7 Å². The number of carbonyl (C=O) groups excluding carboxylic acids is 1. The fourth-order valence-corrected chi connectivity index (χ4v) is 3.53. The van der Waals surface area contributed by atoms with E-state index in [2.05, 4.69) is 15.1 Å². The molecule has 4 aromatic rings. The Morgan fingerprint density at radius 1 is 1.06 bits per heavy atom. The van der Waals surface area contributed by atoms with Gasteiger partial charge in [0.25, 0.3) is 5.56 Å². The number of aromatic nitrogens is 4. The topological polar surface area (TPSA) is 121 Å². The molecule has 2 aromatic heterocycles. The highest BCUT2D eigenvalue weighted by Gasteiger charge is 2.21. The number of rotatable bonds is 7. The van der Waals surface area contributed by atoms with Crippen LogP contribution in [-0.4, -0.2) is 48.2 Å². The molecule has 0 fully saturated rings. The summed E-state index contributed by atoms with van der Waals surface area (Å²) >= 11 is 0. The fraction of sp³-hybridized carbons (Fsp3) is 0.174. The molecule has 162 valence electrons. The second-order valence-corrected chi connectivity index (χ2v) is 7.36. The van der Waals surface area contributed by atoms with E-state index in [0.29, 0.717) is 28.0 Å². The number of imidazole rings is 1. The van der Waals surface area contributed by atoms with Gasteiger partial charge in [-0.25, -0.2) is 9.67 Å². The lowest BCUT2D eigenvalue weighted by Gasteiger charge is -2.20. The molecule has 2 N–H and O–H groups in total. The number of carboxylic acid groups (broad SMARTS) is 1. The van der Waals surface area contributed by atoms with Crippen molar-refractivity contribution in [2.75, 3.05) is 6.54 Å². The molecule has 9 heteroatoms. The van der Waals surface area contributed by atoms with Gasteiger partial charge in [-0.3, -0.25) is 14.4 Å². The number of benzene rings is 2. The Morgan fingerprint density at radius 3 is 2.41 bits per heavy atom. The van der Waals surface area contributed by atoms with E-state index >= 15 is 0 Å². The quantitative estimate of drug-likeness (QED) is 0.463. The molecular formula is C23H21N5O4. The van der Waals surface area contributed by atoms with E-state index in [1.807, 2.05) is 42.5 Å². The molecule has 0 saturated heterocycles. The van der Waals surface area contributed by atoms with Gasteiger partial charge < -0.3 is 15.0 Å². The van der Waals surface area contributed by atoms with Crippen LogP contribution in [0.25, 0.3) is 22.0 Å². The summed E-state index contributed by atoms with van der Waals surface area (Å²) in [4.78, 5) is 45.6. The number of nitrogens with zero attached hydrogens (tertiary/aromatic N) is 4. The third-order valence-corrected chi connectivity index (χ3v) is 5.00. The Labute approximate surface area is 183 Å². The Hall–Kier alpha value is -4.27. The van der Waals surface area contributed by atoms with Crippen molar-refractivity contribution in [3.05, 3.63) is 82.7 Å². The van der Waals surface area contributed by atoms with Crippen molar-refractivity contribution in [1.82, 2.24) is 24.6 Å². The van der Waals surface area contributed by atoms with E-state index in [1.54, 1.807) is 25.3 Å². The van der Waals surface area contributed by atoms with Gasteiger partial charge in [0.2, 0.25) is 5.91 Å². The molecule has 0 saturated carbocycles. The van der Waals surface area contributed by atoms with Crippen molar-refractivity contribution >= 4 is 22.6 Å². The number of carboxylic acids is 1. The number of carbonyl (C=O) groups is 2. The first-order valence-corrected chi connectivity index (χ1v) is 9.97. The summed E-state index contributed by atoms with van der Waals surface area (Å²) in [5, 5.41) is 14.9. The molecule has 0 aliphatic rings. The first-order chi connectivity index (χ1) is 15.4. The Kier molecular flexibility index (Phi) is 5.80. The maximum atomic E-state index is 13.1. The first-order valence-electron chi connectivity index (χ1n) is 9.97. The molecule has 0 aliphatic heterocycles. The minimum atomic E-state index is -1.15. The van der Waals surface area contributed by atoms with Crippen molar-refractivity contribution in [2.45, 2.75) is 20.0 Å². The molecule has 0 unspecified atom stereocenters. The van der Waals surface area contributed by atoms with Crippen LogP contribution in [0.15, 0.2) is 65.6 Å². The number of amides is 1. The summed E-state index contributed by atoms with van der Waals surface area (Å²) in [6.07, 6.45) is 1.55. The number of fused-ring (bicyclic) bond motifs is 1. The molecule has 0 aliphatic carbocycles. The van der Waals surface area contributed by atoms with Crippen molar-refractivity contribution in [1.29, 1.82) is 0 Å². The Morgan fingerprint density at radius 2 is 1.75 bits per heavy atom. The molecule has 4 rings (SSSR count). The fourth-order valence-electron chi connectivity index (χ4n) is 3.53. The lowest BCUT2D eigenvalue weighted by atomic mass is 10.1. The molecule has 9 nitrogen and oxygen atoms in total. The number of hydrogen-bond donors (Lipinski definition) is 2. The van der Waals surface area contributed by atoms with E-state index in [0.717, 1.165) is 15.1 Å². The minimum Gasteiger partial charge on any atom is -0.480 e. The lowest BCUT2D eigenvalue weighted by molar-refractivity contribution is -0.145. The van der Waals surface area contributed by atoms with E-state index in [1.165, 1.54) is 0 Å². The van der Waals surface area contributed by atoms with Gasteiger partial charge in [-0.1, -0.05) is 48.5 Å². The highest BCUT2D eigenvalue weighted by atomic mass is 16.4. The van der Waals surface area contributed by atoms with Crippen LogP contribution in [0.3, 0.4) is 0 Å². The molecular weight excluding hydrogens is 410 g/mol. The molecule has 0 radical (unpaired) electrons. The van der Waals surface area contributed by atoms with Gasteiger partial charge in [0.05, 0.1) is 29.5 Å². The zero-order valence-corrected chi connectivity index (χ0v) is 17.4. The predicted octanol–water partition coefficient (Wildman–Crippen LogP) is 2.21. The SMILES string of the molecule is Cc1ncc(CN(CC(=O)O)C(=O)Cn2nc(-c3ccccc3)c3ccccc3c2=O)[nH]1. The van der Waals surface area contributed by atoms with Crippen LogP contribution in [0, 0.1) is 6.92 Å². The average Bonchev–Trinajstić information content (AvgIpc) is 3.20. The summed E-state index contributed by atoms with van der Waals surface area (Å²) in [5.74, 6) is -1.04. The number of aryl methyl sites for hydroxylation is 1. The predicted molar refractivity (Wildman–Crippen MR) is 118 cm³/mol. The summed E-state index contributed by atoms with van der Waals surface area (Å²) in [5.41, 5.74) is 1.56. The normalized spacial score (nSPS) is 10.9. The molecule has 0 spiro atoms. The monoisotopic (exact) mass is 431 g/mol. The number of aromatic amines is 1. The standard InChI is InChI=1S/C23H21N5O4/c1-15-24-11-17(25-15)12-27(14-21(30)31)20(29)13-28-23(32)19-10-6-5-9-18(19)22(26-28)16-7-3-2-4-8-16/h2-11H,12-14H2,1H3,(H,24,25)(H,30,31). The van der Waals surface area contributed by atoms with Gasteiger partial charge in [0.15, 0.2) is 0 Å². The molecule has 32 heavy (non-hydrogen) atoms. The number of nitrogens with one attached hydrogen (secondary N) is 1. The highest BCUT2D eigenvalue weighted by molar-refractivity contribution is 5.94. The third kappa shape index (κ3) is 4.41. The van der Waals surface area contributed by atoms with Gasteiger partial charge in [0.1, 0.15) is 18.9 Å². The van der Waals surface area contributed by atoms with Gasteiger partial charge in [-0.2, -0.15) is 5.10 Å². The minimum absolute atomic E-state index is 0.0276. The van der Waals surface area contributed by atoms with E-state index in [4.69, 9.17) is 0 Å². The second-order valence-electron chi connectivity index (χ2n) is 7.36. The van der Waals surface area contributed by atoms with Gasteiger partial charge in [-0.05, 0) is 13.0 Å². The third-order valence-electron chi connectivity index (χ3n) is 5.00. The zero-order chi connectivity index (χ0) is 22.7. The summed E-state index contributed by atoms with van der Waals surface area (Å²) < 4.78 is 1.10. The number of aliphatic carboxylic acids is 1. The molecule has 0 atom stereocenters. The van der Waals surface area contributed by atoms with Crippen molar-refractivity contribution in [2.24, 2.45) is 0 Å². The molecule has 1 amide bonds. The van der Waals surface area contributed by atoms with Gasteiger partial charge in [-0.15, -0.1) is 0 Å². The van der Waals surface area contributed by atoms with Crippen LogP contribution in [0.5, 0.6) is 0 Å². The summed E-state index contributed by atoms with van der Waals surface area (Å²) in [7, 11) is 0. The Bertz CT molecular complexity index is 1340.